The fraction of sp³-hybridized carbons (Fsp3) is 0.344. The summed E-state index contributed by atoms with van der Waals surface area (Å²) < 4.78 is 2.55. The van der Waals surface area contributed by atoms with Crippen LogP contribution in [-0.4, -0.2) is 17.3 Å². The number of carboxylic acid groups (broad SMARTS) is 1. The first-order chi connectivity index (χ1) is 17.5. The number of hydrogen-bond donors (Lipinski definition) is 1. The minimum Gasteiger partial charge on any atom is -0.478 e. The van der Waals surface area contributed by atoms with Gasteiger partial charge in [0.1, 0.15) is 0 Å². The third kappa shape index (κ3) is 3.99. The highest BCUT2D eigenvalue weighted by Gasteiger charge is 2.50. The van der Waals surface area contributed by atoms with Gasteiger partial charge in [0.25, 0.3) is 0 Å². The molecule has 3 aromatic rings. The Balaban J connectivity index is 1.49. The Hall–Kier alpha value is -3.53. The standard InChI is InChI=1S/C32H34N2O2/c1-4-28-26-18-17-24(20-27(26)30-12-7-8-19-34(30)32(28,5-2)6-3)25-10-9-11-29(33-21-25)22-13-15-23(16-14-22)31(35)36/h7-8,11-21,25,28H,4-6,9-10H2,1-3H3/p+1. The molecule has 0 aliphatic carbocycles. The zero-order valence-corrected chi connectivity index (χ0v) is 21.4. The molecule has 0 amide bonds. The lowest BCUT2D eigenvalue weighted by molar-refractivity contribution is -0.762. The van der Waals surface area contributed by atoms with Gasteiger partial charge in [-0.15, -0.1) is 0 Å². The molecule has 2 atom stereocenters. The van der Waals surface area contributed by atoms with Crippen molar-refractivity contribution in [2.75, 3.05) is 0 Å². The Bertz CT molecular complexity index is 1330. The minimum absolute atomic E-state index is 0.110. The van der Waals surface area contributed by atoms with Crippen molar-refractivity contribution in [3.63, 3.8) is 0 Å². The van der Waals surface area contributed by atoms with Crippen LogP contribution in [-0.2, 0) is 5.54 Å². The monoisotopic (exact) mass is 479 g/mol. The maximum atomic E-state index is 11.2. The van der Waals surface area contributed by atoms with Gasteiger partial charge in [-0.05, 0) is 60.2 Å². The lowest BCUT2D eigenvalue weighted by atomic mass is 9.69. The van der Waals surface area contributed by atoms with Gasteiger partial charge in [0.05, 0.1) is 16.8 Å². The fourth-order valence-electron chi connectivity index (χ4n) is 6.45. The third-order valence-electron chi connectivity index (χ3n) is 8.41. The van der Waals surface area contributed by atoms with E-state index in [1.165, 1.54) is 22.4 Å². The van der Waals surface area contributed by atoms with Crippen LogP contribution >= 0.6 is 0 Å². The summed E-state index contributed by atoms with van der Waals surface area (Å²) in [5.74, 6) is -0.183. The van der Waals surface area contributed by atoms with Crippen LogP contribution in [0.3, 0.4) is 0 Å². The number of benzene rings is 2. The molecule has 4 nitrogen and oxygen atoms in total. The normalized spacial score (nSPS) is 20.1. The van der Waals surface area contributed by atoms with Crippen LogP contribution in [0.1, 0.15) is 91.8 Å². The van der Waals surface area contributed by atoms with Gasteiger partial charge in [-0.2, -0.15) is 4.57 Å². The van der Waals surface area contributed by atoms with Crippen molar-refractivity contribution in [3.8, 4) is 11.3 Å². The number of pyridine rings is 1. The summed E-state index contributed by atoms with van der Waals surface area (Å²) in [6.07, 6.45) is 11.8. The van der Waals surface area contributed by atoms with Gasteiger partial charge >= 0.3 is 5.97 Å². The highest BCUT2D eigenvalue weighted by molar-refractivity contribution is 5.88. The van der Waals surface area contributed by atoms with Crippen LogP contribution < -0.4 is 4.57 Å². The lowest BCUT2D eigenvalue weighted by Crippen LogP contribution is -2.62. The van der Waals surface area contributed by atoms with Crippen LogP contribution in [0.2, 0.25) is 0 Å². The molecule has 4 heteroatoms. The first-order valence-corrected chi connectivity index (χ1v) is 13.3. The smallest absolute Gasteiger partial charge is 0.335 e. The van der Waals surface area contributed by atoms with Crippen molar-refractivity contribution >= 4 is 17.9 Å². The molecule has 2 aromatic carbocycles. The summed E-state index contributed by atoms with van der Waals surface area (Å²) in [6.45, 7) is 6.99. The van der Waals surface area contributed by atoms with Gasteiger partial charge in [-0.3, -0.25) is 4.99 Å². The molecule has 2 aliphatic rings. The molecular weight excluding hydrogens is 444 g/mol. The Kier molecular flexibility index (Phi) is 6.61. The SMILES string of the molecule is CCC1c2ccc(C3C=NC(c4ccc(C(=O)O)cc4)=CCC3)cc2-c2cccc[n+]2C1(CC)CC. The number of carbonyl (C=O) groups is 1. The van der Waals surface area contributed by atoms with Crippen LogP contribution in [0.15, 0.2) is 77.9 Å². The maximum Gasteiger partial charge on any atom is 0.335 e. The quantitative estimate of drug-likeness (QED) is 0.376. The van der Waals surface area contributed by atoms with Gasteiger partial charge in [0.15, 0.2) is 11.7 Å². The molecule has 5 rings (SSSR count). The fourth-order valence-corrected chi connectivity index (χ4v) is 6.45. The predicted octanol–water partition coefficient (Wildman–Crippen LogP) is 7.35. The number of allylic oxidation sites excluding steroid dienone is 1. The van der Waals surface area contributed by atoms with E-state index in [4.69, 9.17) is 4.99 Å². The number of carboxylic acids is 1. The molecule has 0 radical (unpaired) electrons. The number of rotatable bonds is 6. The van der Waals surface area contributed by atoms with Crippen LogP contribution in [0.25, 0.3) is 17.0 Å². The minimum atomic E-state index is -0.910. The highest BCUT2D eigenvalue weighted by Crippen LogP contribution is 2.47. The number of aliphatic imine (C=N–C) groups is 1. The van der Waals surface area contributed by atoms with Crippen molar-refractivity contribution < 1.29 is 14.5 Å². The van der Waals surface area contributed by atoms with E-state index in [0.29, 0.717) is 11.5 Å². The molecule has 184 valence electrons. The van der Waals surface area contributed by atoms with E-state index in [-0.39, 0.29) is 11.5 Å². The van der Waals surface area contributed by atoms with Gasteiger partial charge in [-0.25, -0.2) is 4.79 Å². The third-order valence-corrected chi connectivity index (χ3v) is 8.41. The second-order valence-corrected chi connectivity index (χ2v) is 10.0. The number of aromatic carboxylic acids is 1. The molecule has 0 saturated carbocycles. The Morgan fingerprint density at radius 2 is 1.83 bits per heavy atom. The molecule has 0 fully saturated rings. The average Bonchev–Trinajstić information content (AvgIpc) is 3.18. The molecule has 1 N–H and O–H groups in total. The first kappa shape index (κ1) is 24.2. The van der Waals surface area contributed by atoms with E-state index in [1.807, 2.05) is 12.1 Å². The molecule has 0 spiro atoms. The first-order valence-electron chi connectivity index (χ1n) is 13.3. The van der Waals surface area contributed by atoms with E-state index in [1.54, 1.807) is 12.1 Å². The van der Waals surface area contributed by atoms with Gasteiger partial charge in [0, 0.05) is 43.0 Å². The molecule has 2 aliphatic heterocycles. The Labute approximate surface area is 214 Å². The van der Waals surface area contributed by atoms with Crippen LogP contribution in [0.4, 0.5) is 0 Å². The lowest BCUT2D eigenvalue weighted by Gasteiger charge is -2.40. The zero-order valence-electron chi connectivity index (χ0n) is 21.4. The van der Waals surface area contributed by atoms with E-state index in [9.17, 15) is 9.90 Å². The summed E-state index contributed by atoms with van der Waals surface area (Å²) >= 11 is 0. The average molecular weight is 480 g/mol. The molecular formula is C32H35N2O2+. The number of hydrogen-bond acceptors (Lipinski definition) is 2. The van der Waals surface area contributed by atoms with Gasteiger partial charge in [0.2, 0.25) is 5.69 Å². The van der Waals surface area contributed by atoms with E-state index >= 15 is 0 Å². The summed E-state index contributed by atoms with van der Waals surface area (Å²) in [5, 5.41) is 9.18. The van der Waals surface area contributed by atoms with Crippen LogP contribution in [0, 0.1) is 0 Å². The van der Waals surface area contributed by atoms with Crippen LogP contribution in [0.5, 0.6) is 0 Å². The molecule has 36 heavy (non-hydrogen) atoms. The summed E-state index contributed by atoms with van der Waals surface area (Å²) in [6, 6.07) is 20.7. The molecule has 1 aromatic heterocycles. The topological polar surface area (TPSA) is 53.5 Å². The largest absolute Gasteiger partial charge is 0.478 e. The molecule has 2 unspecified atom stereocenters. The number of nitrogens with zero attached hydrogens (tertiary/aromatic N) is 2. The summed E-state index contributed by atoms with van der Waals surface area (Å²) in [7, 11) is 0. The van der Waals surface area contributed by atoms with Crippen molar-refractivity contribution in [2.24, 2.45) is 4.99 Å². The summed E-state index contributed by atoms with van der Waals surface area (Å²) in [5.41, 5.74) is 7.71. The second-order valence-electron chi connectivity index (χ2n) is 10.0. The summed E-state index contributed by atoms with van der Waals surface area (Å²) in [4.78, 5) is 16.0. The van der Waals surface area contributed by atoms with Gasteiger partial charge in [-0.1, -0.05) is 51.1 Å². The zero-order chi connectivity index (χ0) is 25.3. The Morgan fingerprint density at radius 1 is 1.06 bits per heavy atom. The maximum absolute atomic E-state index is 11.2. The molecule has 0 saturated heterocycles. The van der Waals surface area contributed by atoms with Crippen molar-refractivity contribution in [1.82, 2.24) is 0 Å². The number of fused-ring (bicyclic) bond motifs is 3. The van der Waals surface area contributed by atoms with E-state index in [2.05, 4.69) is 80.2 Å². The molecule has 3 heterocycles. The van der Waals surface area contributed by atoms with Crippen molar-refractivity contribution in [1.29, 1.82) is 0 Å². The van der Waals surface area contributed by atoms with Gasteiger partial charge < -0.3 is 5.11 Å². The van der Waals surface area contributed by atoms with Crippen molar-refractivity contribution in [2.45, 2.75) is 70.3 Å². The predicted molar refractivity (Wildman–Crippen MR) is 146 cm³/mol. The molecule has 0 bridgehead atoms. The van der Waals surface area contributed by atoms with Crippen molar-refractivity contribution in [3.05, 3.63) is 95.2 Å². The number of aromatic nitrogens is 1. The highest BCUT2D eigenvalue weighted by atomic mass is 16.4. The van der Waals surface area contributed by atoms with E-state index < -0.39 is 5.97 Å². The second kappa shape index (κ2) is 9.85. The Morgan fingerprint density at radius 3 is 2.53 bits per heavy atom. The van der Waals surface area contributed by atoms with E-state index in [0.717, 1.165) is 43.4 Å².